The van der Waals surface area contributed by atoms with E-state index in [0.29, 0.717) is 24.3 Å². The van der Waals surface area contributed by atoms with E-state index in [4.69, 9.17) is 10.5 Å². The van der Waals surface area contributed by atoms with Crippen LogP contribution in [0.4, 0.5) is 5.69 Å². The number of nitrogens with zero attached hydrogens (tertiary/aromatic N) is 1. The number of nitrogens with two attached hydrogens (primary N) is 1. The van der Waals surface area contributed by atoms with Crippen LogP contribution in [-0.4, -0.2) is 35.6 Å². The van der Waals surface area contributed by atoms with Crippen molar-refractivity contribution < 1.29 is 9.53 Å². The third kappa shape index (κ3) is 2.64. The third-order valence-electron chi connectivity index (χ3n) is 3.05. The zero-order chi connectivity index (χ0) is 13.3. The summed E-state index contributed by atoms with van der Waals surface area (Å²) in [5, 5.41) is 0. The van der Waals surface area contributed by atoms with Gasteiger partial charge in [-0.05, 0) is 32.9 Å². The number of morpholine rings is 1. The number of anilines is 1. The first kappa shape index (κ1) is 12.9. The fourth-order valence-corrected chi connectivity index (χ4v) is 2.47. The van der Waals surface area contributed by atoms with Crippen LogP contribution >= 0.6 is 0 Å². The first-order valence-electron chi connectivity index (χ1n) is 6.21. The Morgan fingerprint density at radius 1 is 1.44 bits per heavy atom. The number of benzene rings is 1. The Bertz CT molecular complexity index is 457. The molecule has 1 fully saturated rings. The molecule has 1 atom stereocenters. The SMILES string of the molecule is CC1CN(C(=O)c2ccccc2N)CC(C)(C)O1. The topological polar surface area (TPSA) is 55.6 Å². The van der Waals surface area contributed by atoms with Gasteiger partial charge in [-0.3, -0.25) is 4.79 Å². The lowest BCUT2D eigenvalue weighted by Crippen LogP contribution is -2.53. The third-order valence-corrected chi connectivity index (χ3v) is 3.05. The number of nitrogen functional groups attached to an aromatic ring is 1. The summed E-state index contributed by atoms with van der Waals surface area (Å²) in [6, 6.07) is 7.18. The first-order chi connectivity index (χ1) is 8.39. The van der Waals surface area contributed by atoms with Crippen LogP contribution in [-0.2, 0) is 4.74 Å². The average molecular weight is 248 g/mol. The smallest absolute Gasteiger partial charge is 0.256 e. The summed E-state index contributed by atoms with van der Waals surface area (Å²) in [6.45, 7) is 7.17. The van der Waals surface area contributed by atoms with E-state index in [1.165, 1.54) is 0 Å². The molecule has 4 nitrogen and oxygen atoms in total. The van der Waals surface area contributed by atoms with E-state index in [1.807, 2.05) is 37.8 Å². The second kappa shape index (κ2) is 4.61. The molecular weight excluding hydrogens is 228 g/mol. The number of carbonyl (C=O) groups is 1. The molecule has 1 saturated heterocycles. The Morgan fingerprint density at radius 3 is 2.72 bits per heavy atom. The number of ether oxygens (including phenoxy) is 1. The van der Waals surface area contributed by atoms with Crippen LogP contribution in [0.25, 0.3) is 0 Å². The number of hydrogen-bond donors (Lipinski definition) is 1. The van der Waals surface area contributed by atoms with Crippen molar-refractivity contribution in [3.05, 3.63) is 29.8 Å². The molecule has 0 aliphatic carbocycles. The predicted molar refractivity (Wildman–Crippen MR) is 71.4 cm³/mol. The van der Waals surface area contributed by atoms with Crippen LogP contribution in [0.1, 0.15) is 31.1 Å². The summed E-state index contributed by atoms with van der Waals surface area (Å²) >= 11 is 0. The Morgan fingerprint density at radius 2 is 2.11 bits per heavy atom. The number of amides is 1. The average Bonchev–Trinajstić information content (AvgIpc) is 2.26. The minimum absolute atomic E-state index is 0.0173. The number of hydrogen-bond acceptors (Lipinski definition) is 3. The summed E-state index contributed by atoms with van der Waals surface area (Å²) in [4.78, 5) is 14.3. The number of carbonyl (C=O) groups excluding carboxylic acids is 1. The molecule has 0 aromatic heterocycles. The van der Waals surface area contributed by atoms with E-state index in [0.717, 1.165) is 0 Å². The van der Waals surface area contributed by atoms with Gasteiger partial charge in [-0.15, -0.1) is 0 Å². The lowest BCUT2D eigenvalue weighted by Gasteiger charge is -2.41. The van der Waals surface area contributed by atoms with Crippen LogP contribution in [0.3, 0.4) is 0 Å². The van der Waals surface area contributed by atoms with Crippen molar-refractivity contribution in [1.82, 2.24) is 4.90 Å². The van der Waals surface area contributed by atoms with Crippen LogP contribution in [0, 0.1) is 0 Å². The number of rotatable bonds is 1. The molecule has 1 aliphatic rings. The minimum Gasteiger partial charge on any atom is -0.398 e. The van der Waals surface area contributed by atoms with Crippen LogP contribution in [0.5, 0.6) is 0 Å². The van der Waals surface area contributed by atoms with Crippen molar-refractivity contribution in [2.75, 3.05) is 18.8 Å². The second-order valence-corrected chi connectivity index (χ2v) is 5.46. The molecule has 1 aromatic carbocycles. The predicted octanol–water partition coefficient (Wildman–Crippen LogP) is 1.91. The van der Waals surface area contributed by atoms with Crippen molar-refractivity contribution in [2.24, 2.45) is 0 Å². The first-order valence-corrected chi connectivity index (χ1v) is 6.21. The molecule has 18 heavy (non-hydrogen) atoms. The van der Waals surface area contributed by atoms with Gasteiger partial charge in [-0.25, -0.2) is 0 Å². The molecule has 0 spiro atoms. The van der Waals surface area contributed by atoms with Crippen molar-refractivity contribution in [1.29, 1.82) is 0 Å². The molecule has 1 unspecified atom stereocenters. The van der Waals surface area contributed by atoms with Gasteiger partial charge in [0.15, 0.2) is 0 Å². The molecule has 0 radical (unpaired) electrons. The van der Waals surface area contributed by atoms with Gasteiger partial charge in [0.05, 0.1) is 17.3 Å². The summed E-state index contributed by atoms with van der Waals surface area (Å²) in [5.74, 6) is -0.0173. The fraction of sp³-hybridized carbons (Fsp3) is 0.500. The molecule has 1 amide bonds. The highest BCUT2D eigenvalue weighted by Crippen LogP contribution is 2.23. The summed E-state index contributed by atoms with van der Waals surface area (Å²) in [5.41, 5.74) is 6.64. The quantitative estimate of drug-likeness (QED) is 0.772. The van der Waals surface area contributed by atoms with E-state index in [9.17, 15) is 4.79 Å². The second-order valence-electron chi connectivity index (χ2n) is 5.46. The molecule has 1 aromatic rings. The fourth-order valence-electron chi connectivity index (χ4n) is 2.47. The molecule has 4 heteroatoms. The standard InChI is InChI=1S/C14H20N2O2/c1-10-8-16(9-14(2,3)18-10)13(17)11-6-4-5-7-12(11)15/h4-7,10H,8-9,15H2,1-3H3. The minimum atomic E-state index is -0.309. The van der Waals surface area contributed by atoms with Crippen molar-refractivity contribution in [3.8, 4) is 0 Å². The largest absolute Gasteiger partial charge is 0.398 e. The van der Waals surface area contributed by atoms with Crippen LogP contribution in [0.15, 0.2) is 24.3 Å². The van der Waals surface area contributed by atoms with Gasteiger partial charge in [0.1, 0.15) is 0 Å². The Hall–Kier alpha value is -1.55. The summed E-state index contributed by atoms with van der Waals surface area (Å²) in [6.07, 6.45) is 0.0441. The van der Waals surface area contributed by atoms with Gasteiger partial charge >= 0.3 is 0 Å². The maximum Gasteiger partial charge on any atom is 0.256 e. The molecular formula is C14H20N2O2. The zero-order valence-electron chi connectivity index (χ0n) is 11.1. The van der Waals surface area contributed by atoms with E-state index in [-0.39, 0.29) is 17.6 Å². The maximum absolute atomic E-state index is 12.4. The Balaban J connectivity index is 2.22. The number of para-hydroxylation sites is 1. The van der Waals surface area contributed by atoms with Crippen LogP contribution < -0.4 is 5.73 Å². The Kier molecular flexibility index (Phi) is 3.30. The van der Waals surface area contributed by atoms with Gasteiger partial charge < -0.3 is 15.4 Å². The van der Waals surface area contributed by atoms with E-state index in [2.05, 4.69) is 0 Å². The van der Waals surface area contributed by atoms with Gasteiger partial charge in [0, 0.05) is 18.8 Å². The maximum atomic E-state index is 12.4. The zero-order valence-corrected chi connectivity index (χ0v) is 11.1. The van der Waals surface area contributed by atoms with E-state index >= 15 is 0 Å². The van der Waals surface area contributed by atoms with E-state index < -0.39 is 0 Å². The van der Waals surface area contributed by atoms with Gasteiger partial charge in [-0.2, -0.15) is 0 Å². The molecule has 0 bridgehead atoms. The molecule has 0 saturated carbocycles. The van der Waals surface area contributed by atoms with Gasteiger partial charge in [0.2, 0.25) is 0 Å². The lowest BCUT2D eigenvalue weighted by molar-refractivity contribution is -0.118. The Labute approximate surface area is 108 Å². The summed E-state index contributed by atoms with van der Waals surface area (Å²) in [7, 11) is 0. The lowest BCUT2D eigenvalue weighted by atomic mass is 10.0. The van der Waals surface area contributed by atoms with Crippen molar-refractivity contribution >= 4 is 11.6 Å². The highest BCUT2D eigenvalue weighted by molar-refractivity contribution is 5.99. The summed E-state index contributed by atoms with van der Waals surface area (Å²) < 4.78 is 5.80. The molecule has 1 heterocycles. The molecule has 98 valence electrons. The normalized spacial score (nSPS) is 22.8. The van der Waals surface area contributed by atoms with Crippen molar-refractivity contribution in [2.45, 2.75) is 32.5 Å². The molecule has 2 rings (SSSR count). The van der Waals surface area contributed by atoms with Gasteiger partial charge in [0.25, 0.3) is 5.91 Å². The molecule has 2 N–H and O–H groups in total. The highest BCUT2D eigenvalue weighted by atomic mass is 16.5. The highest BCUT2D eigenvalue weighted by Gasteiger charge is 2.34. The monoisotopic (exact) mass is 248 g/mol. The van der Waals surface area contributed by atoms with Crippen molar-refractivity contribution in [3.63, 3.8) is 0 Å². The van der Waals surface area contributed by atoms with Gasteiger partial charge in [-0.1, -0.05) is 12.1 Å². The van der Waals surface area contributed by atoms with E-state index in [1.54, 1.807) is 12.1 Å². The van der Waals surface area contributed by atoms with Crippen LogP contribution in [0.2, 0.25) is 0 Å². The molecule has 1 aliphatic heterocycles.